The molecular formula is C18H21FN2O3. The lowest BCUT2D eigenvalue weighted by atomic mass is 9.91. The molecule has 2 fully saturated rings. The number of amides is 2. The van der Waals surface area contributed by atoms with Crippen molar-refractivity contribution in [3.8, 4) is 0 Å². The first-order valence-corrected chi connectivity index (χ1v) is 8.64. The van der Waals surface area contributed by atoms with Gasteiger partial charge in [0.15, 0.2) is 0 Å². The highest BCUT2D eigenvalue weighted by Gasteiger charge is 2.41. The molecule has 1 aliphatic carbocycles. The Bertz CT molecular complexity index is 700. The van der Waals surface area contributed by atoms with E-state index in [2.05, 4.69) is 5.32 Å². The zero-order chi connectivity index (χ0) is 16.8. The van der Waals surface area contributed by atoms with E-state index < -0.39 is 12.3 Å². The van der Waals surface area contributed by atoms with E-state index in [0.717, 1.165) is 36.8 Å². The van der Waals surface area contributed by atoms with Gasteiger partial charge in [-0.05, 0) is 48.4 Å². The number of benzene rings is 1. The molecule has 0 aromatic heterocycles. The van der Waals surface area contributed by atoms with Gasteiger partial charge in [0.1, 0.15) is 12.0 Å². The van der Waals surface area contributed by atoms with Crippen LogP contribution in [0, 0.1) is 5.82 Å². The average molecular weight is 332 g/mol. The van der Waals surface area contributed by atoms with E-state index in [1.54, 1.807) is 11.0 Å². The first kappa shape index (κ1) is 15.7. The standard InChI is InChI=1S/C18H21FN2O3/c19-11-7-12(10-3-1-2-4-10)14-9-21(18(24)13(14)8-11)15-5-6-16(22)20-17(15)23/h7-8,10,15,18,24H,1-6,9H2,(H,20,22,23). The summed E-state index contributed by atoms with van der Waals surface area (Å²) in [6.07, 6.45) is 4.04. The van der Waals surface area contributed by atoms with E-state index >= 15 is 0 Å². The maximum atomic E-state index is 14.1. The van der Waals surface area contributed by atoms with Gasteiger partial charge in [-0.25, -0.2) is 4.39 Å². The Morgan fingerprint density at radius 3 is 2.54 bits per heavy atom. The molecule has 1 saturated heterocycles. The van der Waals surface area contributed by atoms with Gasteiger partial charge in [-0.15, -0.1) is 0 Å². The topological polar surface area (TPSA) is 69.6 Å². The van der Waals surface area contributed by atoms with Gasteiger partial charge in [0.2, 0.25) is 11.8 Å². The van der Waals surface area contributed by atoms with Gasteiger partial charge < -0.3 is 5.11 Å². The second-order valence-electron chi connectivity index (χ2n) is 7.06. The van der Waals surface area contributed by atoms with Crippen LogP contribution in [0.3, 0.4) is 0 Å². The summed E-state index contributed by atoms with van der Waals surface area (Å²) in [6, 6.07) is 2.42. The van der Waals surface area contributed by atoms with E-state index in [1.165, 1.54) is 6.07 Å². The normalized spacial score (nSPS) is 28.2. The lowest BCUT2D eigenvalue weighted by Gasteiger charge is -2.31. The van der Waals surface area contributed by atoms with Crippen molar-refractivity contribution in [1.29, 1.82) is 0 Å². The van der Waals surface area contributed by atoms with Crippen molar-refractivity contribution >= 4 is 11.8 Å². The molecule has 2 N–H and O–H groups in total. The first-order valence-electron chi connectivity index (χ1n) is 8.64. The second kappa shape index (κ2) is 5.93. The summed E-state index contributed by atoms with van der Waals surface area (Å²) >= 11 is 0. The number of hydrogen-bond donors (Lipinski definition) is 2. The molecule has 0 spiro atoms. The third-order valence-corrected chi connectivity index (χ3v) is 5.62. The molecule has 6 heteroatoms. The molecule has 1 aromatic carbocycles. The molecule has 0 radical (unpaired) electrons. The molecule has 2 unspecified atom stereocenters. The molecule has 0 bridgehead atoms. The van der Waals surface area contributed by atoms with Crippen molar-refractivity contribution in [2.75, 3.05) is 0 Å². The van der Waals surface area contributed by atoms with Crippen LogP contribution in [0.4, 0.5) is 4.39 Å². The predicted molar refractivity (Wildman–Crippen MR) is 84.3 cm³/mol. The number of nitrogens with zero attached hydrogens (tertiary/aromatic N) is 1. The molecule has 3 aliphatic rings. The molecule has 4 rings (SSSR count). The van der Waals surface area contributed by atoms with Crippen LogP contribution < -0.4 is 5.32 Å². The first-order chi connectivity index (χ1) is 11.5. The van der Waals surface area contributed by atoms with Crippen LogP contribution in [0.5, 0.6) is 0 Å². The van der Waals surface area contributed by atoms with Crippen molar-refractivity contribution in [1.82, 2.24) is 10.2 Å². The number of fused-ring (bicyclic) bond motifs is 1. The number of rotatable bonds is 2. The van der Waals surface area contributed by atoms with E-state index in [-0.39, 0.29) is 24.1 Å². The molecule has 2 atom stereocenters. The Hall–Kier alpha value is -1.79. The number of carbonyl (C=O) groups is 2. The van der Waals surface area contributed by atoms with E-state index in [1.807, 2.05) is 0 Å². The van der Waals surface area contributed by atoms with E-state index in [4.69, 9.17) is 0 Å². The third-order valence-electron chi connectivity index (χ3n) is 5.62. The van der Waals surface area contributed by atoms with Gasteiger partial charge in [0.05, 0.1) is 6.04 Å². The van der Waals surface area contributed by atoms with Crippen molar-refractivity contribution in [3.63, 3.8) is 0 Å². The Morgan fingerprint density at radius 2 is 1.83 bits per heavy atom. The Labute approximate surface area is 139 Å². The van der Waals surface area contributed by atoms with Gasteiger partial charge in [0, 0.05) is 18.5 Å². The zero-order valence-electron chi connectivity index (χ0n) is 13.4. The fourth-order valence-corrected chi connectivity index (χ4v) is 4.42. The van der Waals surface area contributed by atoms with Crippen LogP contribution in [0.1, 0.15) is 67.4 Å². The Balaban J connectivity index is 1.66. The molecule has 1 saturated carbocycles. The maximum absolute atomic E-state index is 14.1. The van der Waals surface area contributed by atoms with Gasteiger partial charge in [-0.2, -0.15) is 0 Å². The highest BCUT2D eigenvalue weighted by Crippen LogP contribution is 2.43. The number of imide groups is 1. The largest absolute Gasteiger partial charge is 0.374 e. The lowest BCUT2D eigenvalue weighted by molar-refractivity contribution is -0.141. The highest BCUT2D eigenvalue weighted by molar-refractivity contribution is 6.00. The second-order valence-corrected chi connectivity index (χ2v) is 7.06. The van der Waals surface area contributed by atoms with Crippen LogP contribution in [-0.2, 0) is 16.1 Å². The molecule has 2 heterocycles. The number of nitrogens with one attached hydrogen (secondary N) is 1. The van der Waals surface area contributed by atoms with Crippen molar-refractivity contribution in [3.05, 3.63) is 34.6 Å². The monoisotopic (exact) mass is 332 g/mol. The van der Waals surface area contributed by atoms with Crippen LogP contribution >= 0.6 is 0 Å². The fraction of sp³-hybridized carbons (Fsp3) is 0.556. The Morgan fingerprint density at radius 1 is 1.12 bits per heavy atom. The lowest BCUT2D eigenvalue weighted by Crippen LogP contribution is -2.51. The summed E-state index contributed by atoms with van der Waals surface area (Å²) in [4.78, 5) is 25.2. The third kappa shape index (κ3) is 2.54. The van der Waals surface area contributed by atoms with Gasteiger partial charge in [-0.1, -0.05) is 12.8 Å². The van der Waals surface area contributed by atoms with Crippen LogP contribution in [0.2, 0.25) is 0 Å². The summed E-state index contributed by atoms with van der Waals surface area (Å²) in [5, 5.41) is 13.0. The van der Waals surface area contributed by atoms with Crippen LogP contribution in [0.25, 0.3) is 0 Å². The van der Waals surface area contributed by atoms with E-state index in [9.17, 15) is 19.1 Å². The average Bonchev–Trinajstić information content (AvgIpc) is 3.17. The number of piperidine rings is 1. The SMILES string of the molecule is O=C1CCC(N2Cc3c(C4CCCC4)cc(F)cc3C2O)C(=O)N1. The minimum atomic E-state index is -1.00. The summed E-state index contributed by atoms with van der Waals surface area (Å²) in [5.74, 6) is -0.649. The minimum Gasteiger partial charge on any atom is -0.374 e. The number of aliphatic hydroxyl groups is 1. The Kier molecular flexibility index (Phi) is 3.89. The fourth-order valence-electron chi connectivity index (χ4n) is 4.42. The number of halogens is 1. The molecule has 2 aliphatic heterocycles. The van der Waals surface area contributed by atoms with E-state index in [0.29, 0.717) is 24.4 Å². The molecule has 1 aromatic rings. The van der Waals surface area contributed by atoms with Crippen LogP contribution in [0.15, 0.2) is 12.1 Å². The smallest absolute Gasteiger partial charge is 0.244 e. The molecule has 5 nitrogen and oxygen atoms in total. The van der Waals surface area contributed by atoms with Gasteiger partial charge >= 0.3 is 0 Å². The van der Waals surface area contributed by atoms with Crippen molar-refractivity contribution in [2.24, 2.45) is 0 Å². The molecule has 128 valence electrons. The number of hydrogen-bond acceptors (Lipinski definition) is 4. The zero-order valence-corrected chi connectivity index (χ0v) is 13.4. The summed E-state index contributed by atoms with van der Waals surface area (Å²) < 4.78 is 14.1. The minimum absolute atomic E-state index is 0.264. The predicted octanol–water partition coefficient (Wildman–Crippen LogP) is 2.10. The summed E-state index contributed by atoms with van der Waals surface area (Å²) in [7, 11) is 0. The quantitative estimate of drug-likeness (QED) is 0.814. The van der Waals surface area contributed by atoms with Crippen molar-refractivity contribution < 1.29 is 19.1 Å². The molecular weight excluding hydrogens is 311 g/mol. The van der Waals surface area contributed by atoms with Crippen molar-refractivity contribution in [2.45, 2.75) is 63.3 Å². The van der Waals surface area contributed by atoms with Gasteiger partial charge in [0.25, 0.3) is 0 Å². The summed E-state index contributed by atoms with van der Waals surface area (Å²) in [6.45, 7) is 0.425. The van der Waals surface area contributed by atoms with Gasteiger partial charge in [-0.3, -0.25) is 19.8 Å². The maximum Gasteiger partial charge on any atom is 0.244 e. The number of aliphatic hydroxyl groups excluding tert-OH is 1. The summed E-state index contributed by atoms with van der Waals surface area (Å²) in [5.41, 5.74) is 2.51. The molecule has 24 heavy (non-hydrogen) atoms. The highest BCUT2D eigenvalue weighted by atomic mass is 19.1. The van der Waals surface area contributed by atoms with Crippen LogP contribution in [-0.4, -0.2) is 27.9 Å². The number of carbonyl (C=O) groups excluding carboxylic acids is 2. The molecule has 2 amide bonds.